The Bertz CT molecular complexity index is 370. The zero-order valence-corrected chi connectivity index (χ0v) is 12.2. The predicted octanol–water partition coefficient (Wildman–Crippen LogP) is 2.31. The maximum atomic E-state index is 3.39. The summed E-state index contributed by atoms with van der Waals surface area (Å²) in [5, 5.41) is 3.39. The first kappa shape index (κ1) is 12.3. The lowest BCUT2D eigenvalue weighted by atomic mass is 10.0. The predicted molar refractivity (Wildman–Crippen MR) is 76.8 cm³/mol. The van der Waals surface area contributed by atoms with Crippen molar-refractivity contribution < 1.29 is 0 Å². The van der Waals surface area contributed by atoms with Gasteiger partial charge in [0.1, 0.15) is 0 Å². The second kappa shape index (κ2) is 5.47. The van der Waals surface area contributed by atoms with Crippen molar-refractivity contribution in [1.82, 2.24) is 10.2 Å². The van der Waals surface area contributed by atoms with Crippen molar-refractivity contribution in [1.29, 1.82) is 0 Å². The summed E-state index contributed by atoms with van der Waals surface area (Å²) < 4.78 is 1.37. The van der Waals surface area contributed by atoms with E-state index in [1.165, 1.54) is 33.4 Å². The Morgan fingerprint density at radius 1 is 1.19 bits per heavy atom. The number of piperazine rings is 1. The second-order valence-electron chi connectivity index (χ2n) is 4.55. The maximum absolute atomic E-state index is 3.39. The molecule has 0 aliphatic carbocycles. The van der Waals surface area contributed by atoms with Gasteiger partial charge in [0.25, 0.3) is 0 Å². The third-order valence-electron chi connectivity index (χ3n) is 3.22. The highest BCUT2D eigenvalue weighted by atomic mass is 127. The van der Waals surface area contributed by atoms with Gasteiger partial charge < -0.3 is 5.32 Å². The SMILES string of the molecule is Cc1cc(CN2CCNCC2)c(C)cc1I. The van der Waals surface area contributed by atoms with Crippen LogP contribution in [0.25, 0.3) is 0 Å². The summed E-state index contributed by atoms with van der Waals surface area (Å²) in [4.78, 5) is 2.53. The van der Waals surface area contributed by atoms with E-state index in [4.69, 9.17) is 0 Å². The fourth-order valence-corrected chi connectivity index (χ4v) is 2.74. The molecule has 1 aliphatic rings. The van der Waals surface area contributed by atoms with Crippen LogP contribution in [0.15, 0.2) is 12.1 Å². The number of hydrogen-bond donors (Lipinski definition) is 1. The van der Waals surface area contributed by atoms with Crippen LogP contribution in [0.5, 0.6) is 0 Å². The van der Waals surface area contributed by atoms with E-state index >= 15 is 0 Å². The molecular weight excluding hydrogens is 311 g/mol. The van der Waals surface area contributed by atoms with Crippen LogP contribution < -0.4 is 5.32 Å². The van der Waals surface area contributed by atoms with E-state index in [1.54, 1.807) is 0 Å². The van der Waals surface area contributed by atoms with Gasteiger partial charge in [0.2, 0.25) is 0 Å². The van der Waals surface area contributed by atoms with E-state index in [-0.39, 0.29) is 0 Å². The normalized spacial score (nSPS) is 17.7. The Morgan fingerprint density at radius 2 is 1.88 bits per heavy atom. The molecule has 0 bridgehead atoms. The maximum Gasteiger partial charge on any atom is 0.0237 e. The van der Waals surface area contributed by atoms with Gasteiger partial charge in [-0.3, -0.25) is 4.90 Å². The summed E-state index contributed by atoms with van der Waals surface area (Å²) in [6, 6.07) is 4.65. The summed E-state index contributed by atoms with van der Waals surface area (Å²) in [6.07, 6.45) is 0. The van der Waals surface area contributed by atoms with E-state index in [2.05, 4.69) is 58.8 Å². The minimum Gasteiger partial charge on any atom is -0.314 e. The van der Waals surface area contributed by atoms with Gasteiger partial charge in [-0.2, -0.15) is 0 Å². The number of benzene rings is 1. The second-order valence-corrected chi connectivity index (χ2v) is 5.72. The van der Waals surface area contributed by atoms with Crippen LogP contribution in [0.2, 0.25) is 0 Å². The van der Waals surface area contributed by atoms with Crippen LogP contribution in [0, 0.1) is 17.4 Å². The van der Waals surface area contributed by atoms with Gasteiger partial charge >= 0.3 is 0 Å². The quantitative estimate of drug-likeness (QED) is 0.838. The smallest absolute Gasteiger partial charge is 0.0237 e. The largest absolute Gasteiger partial charge is 0.314 e. The lowest BCUT2D eigenvalue weighted by Crippen LogP contribution is -2.43. The molecule has 88 valence electrons. The summed E-state index contributed by atoms with van der Waals surface area (Å²) >= 11 is 2.41. The lowest BCUT2D eigenvalue weighted by Gasteiger charge is -2.28. The molecule has 1 fully saturated rings. The molecule has 0 unspecified atom stereocenters. The van der Waals surface area contributed by atoms with Crippen molar-refractivity contribution >= 4 is 22.6 Å². The fraction of sp³-hybridized carbons (Fsp3) is 0.538. The molecule has 1 N–H and O–H groups in total. The highest BCUT2D eigenvalue weighted by Crippen LogP contribution is 2.19. The Labute approximate surface area is 112 Å². The zero-order chi connectivity index (χ0) is 11.5. The summed E-state index contributed by atoms with van der Waals surface area (Å²) in [7, 11) is 0. The molecule has 16 heavy (non-hydrogen) atoms. The Kier molecular flexibility index (Phi) is 4.21. The Balaban J connectivity index is 2.11. The number of rotatable bonds is 2. The minimum atomic E-state index is 1.10. The highest BCUT2D eigenvalue weighted by Gasteiger charge is 2.11. The standard InChI is InChI=1S/C13H19IN2/c1-10-8-13(14)11(2)7-12(10)9-16-5-3-15-4-6-16/h7-8,15H,3-6,9H2,1-2H3. The Morgan fingerprint density at radius 3 is 2.56 bits per heavy atom. The number of nitrogens with one attached hydrogen (secondary N) is 1. The van der Waals surface area contributed by atoms with Crippen molar-refractivity contribution in [3.8, 4) is 0 Å². The summed E-state index contributed by atoms with van der Waals surface area (Å²) in [5.41, 5.74) is 4.31. The molecule has 2 nitrogen and oxygen atoms in total. The van der Waals surface area contributed by atoms with Gasteiger partial charge in [-0.05, 0) is 59.2 Å². The first-order valence-corrected chi connectivity index (χ1v) is 6.93. The van der Waals surface area contributed by atoms with E-state index in [0.717, 1.165) is 19.6 Å². The molecule has 1 aromatic carbocycles. The molecule has 1 aromatic rings. The minimum absolute atomic E-state index is 1.10. The number of nitrogens with zero attached hydrogens (tertiary/aromatic N) is 1. The van der Waals surface area contributed by atoms with Crippen molar-refractivity contribution in [3.63, 3.8) is 0 Å². The van der Waals surface area contributed by atoms with Crippen molar-refractivity contribution in [3.05, 3.63) is 32.4 Å². The first-order valence-electron chi connectivity index (χ1n) is 5.85. The van der Waals surface area contributed by atoms with Crippen LogP contribution in [0.4, 0.5) is 0 Å². The lowest BCUT2D eigenvalue weighted by molar-refractivity contribution is 0.233. The van der Waals surface area contributed by atoms with Crippen LogP contribution in [-0.2, 0) is 6.54 Å². The molecule has 2 rings (SSSR count). The van der Waals surface area contributed by atoms with E-state index < -0.39 is 0 Å². The molecule has 0 amide bonds. The molecule has 1 heterocycles. The van der Waals surface area contributed by atoms with E-state index in [0.29, 0.717) is 0 Å². The molecule has 0 aromatic heterocycles. The average molecular weight is 330 g/mol. The average Bonchev–Trinajstić information content (AvgIpc) is 2.27. The van der Waals surface area contributed by atoms with Crippen LogP contribution in [-0.4, -0.2) is 31.1 Å². The molecule has 1 aliphatic heterocycles. The Hall–Kier alpha value is -0.130. The van der Waals surface area contributed by atoms with Gasteiger partial charge in [-0.25, -0.2) is 0 Å². The number of aryl methyl sites for hydroxylation is 2. The van der Waals surface area contributed by atoms with Gasteiger partial charge in [0, 0.05) is 36.3 Å². The number of halogens is 1. The first-order chi connectivity index (χ1) is 7.66. The van der Waals surface area contributed by atoms with Gasteiger partial charge in [-0.15, -0.1) is 0 Å². The zero-order valence-electron chi connectivity index (χ0n) is 10.0. The van der Waals surface area contributed by atoms with Gasteiger partial charge in [0.15, 0.2) is 0 Å². The van der Waals surface area contributed by atoms with E-state index in [1.807, 2.05) is 0 Å². The van der Waals surface area contributed by atoms with Gasteiger partial charge in [-0.1, -0.05) is 6.07 Å². The van der Waals surface area contributed by atoms with E-state index in [9.17, 15) is 0 Å². The molecule has 1 saturated heterocycles. The molecule has 0 saturated carbocycles. The third-order valence-corrected chi connectivity index (χ3v) is 4.38. The molecule has 3 heteroatoms. The fourth-order valence-electron chi connectivity index (χ4n) is 2.12. The topological polar surface area (TPSA) is 15.3 Å². The molecule has 0 atom stereocenters. The van der Waals surface area contributed by atoms with Crippen molar-refractivity contribution in [2.24, 2.45) is 0 Å². The van der Waals surface area contributed by atoms with Crippen molar-refractivity contribution in [2.75, 3.05) is 26.2 Å². The van der Waals surface area contributed by atoms with Gasteiger partial charge in [0.05, 0.1) is 0 Å². The van der Waals surface area contributed by atoms with Crippen LogP contribution in [0.1, 0.15) is 16.7 Å². The van der Waals surface area contributed by atoms with Crippen LogP contribution >= 0.6 is 22.6 Å². The molecule has 0 spiro atoms. The van der Waals surface area contributed by atoms with Crippen LogP contribution in [0.3, 0.4) is 0 Å². The highest BCUT2D eigenvalue weighted by molar-refractivity contribution is 14.1. The third kappa shape index (κ3) is 2.96. The molecular formula is C13H19IN2. The number of hydrogen-bond acceptors (Lipinski definition) is 2. The monoisotopic (exact) mass is 330 g/mol. The summed E-state index contributed by atoms with van der Waals surface area (Å²) in [6.45, 7) is 10.1. The summed E-state index contributed by atoms with van der Waals surface area (Å²) in [5.74, 6) is 0. The van der Waals surface area contributed by atoms with Crippen molar-refractivity contribution in [2.45, 2.75) is 20.4 Å². The molecule has 0 radical (unpaired) electrons.